The maximum atomic E-state index is 12.3. The minimum atomic E-state index is -0.417. The summed E-state index contributed by atoms with van der Waals surface area (Å²) in [5.74, 6) is 0.620. The number of ether oxygens (including phenoxy) is 1. The molecule has 0 saturated carbocycles. The van der Waals surface area contributed by atoms with Crippen LogP contribution in [0.5, 0.6) is 0 Å². The molecule has 122 valence electrons. The molecule has 2 heterocycles. The molecule has 0 radical (unpaired) electrons. The lowest BCUT2D eigenvalue weighted by Crippen LogP contribution is -2.48. The first-order valence-corrected chi connectivity index (χ1v) is 8.31. The zero-order valence-corrected chi connectivity index (χ0v) is 13.8. The Morgan fingerprint density at radius 1 is 1.24 bits per heavy atom. The van der Waals surface area contributed by atoms with Crippen molar-refractivity contribution in [3.05, 3.63) is 0 Å². The van der Waals surface area contributed by atoms with Crippen molar-refractivity contribution in [2.45, 2.75) is 58.1 Å². The third-order valence-corrected chi connectivity index (χ3v) is 4.41. The zero-order chi connectivity index (χ0) is 15.5. The van der Waals surface area contributed by atoms with Crippen molar-refractivity contribution in [3.8, 4) is 0 Å². The molecule has 5 heteroatoms. The van der Waals surface area contributed by atoms with Gasteiger partial charge in [-0.2, -0.15) is 0 Å². The van der Waals surface area contributed by atoms with E-state index in [2.05, 4.69) is 4.90 Å². The van der Waals surface area contributed by atoms with E-state index in [-0.39, 0.29) is 6.09 Å². The average Bonchev–Trinajstić information content (AvgIpc) is 2.85. The Bertz CT molecular complexity index is 354. The minimum absolute atomic E-state index is 0.155. The molecule has 2 N–H and O–H groups in total. The molecule has 2 rings (SSSR count). The number of piperidine rings is 1. The summed E-state index contributed by atoms with van der Waals surface area (Å²) in [6.07, 6.45) is 4.48. The largest absolute Gasteiger partial charge is 0.444 e. The molecule has 5 nitrogen and oxygen atoms in total. The fraction of sp³-hybridized carbons (Fsp3) is 0.938. The molecular formula is C16H31N3O2. The van der Waals surface area contributed by atoms with Crippen LogP contribution in [0.4, 0.5) is 4.79 Å². The van der Waals surface area contributed by atoms with Crippen LogP contribution >= 0.6 is 0 Å². The monoisotopic (exact) mass is 297 g/mol. The SMILES string of the molecule is CC(C)(C)OC(=O)N1CCC[C@H]1CN1CCCC(CN)C1. The van der Waals surface area contributed by atoms with E-state index in [0.717, 1.165) is 45.6 Å². The molecule has 2 saturated heterocycles. The van der Waals surface area contributed by atoms with Crippen molar-refractivity contribution < 1.29 is 9.53 Å². The van der Waals surface area contributed by atoms with Gasteiger partial charge in [0.05, 0.1) is 0 Å². The van der Waals surface area contributed by atoms with Crippen LogP contribution in [0.2, 0.25) is 0 Å². The second-order valence-electron chi connectivity index (χ2n) is 7.47. The van der Waals surface area contributed by atoms with E-state index < -0.39 is 5.60 Å². The summed E-state index contributed by atoms with van der Waals surface area (Å²) >= 11 is 0. The lowest BCUT2D eigenvalue weighted by atomic mass is 9.98. The standard InChI is InChI=1S/C16H31N3O2/c1-16(2,3)21-15(20)19-9-5-7-14(19)12-18-8-4-6-13(10-17)11-18/h13-14H,4-12,17H2,1-3H3/t13?,14-/m0/s1. The van der Waals surface area contributed by atoms with E-state index in [1.165, 1.54) is 12.8 Å². The fourth-order valence-electron chi connectivity index (χ4n) is 3.39. The van der Waals surface area contributed by atoms with Crippen LogP contribution in [0.15, 0.2) is 0 Å². The van der Waals surface area contributed by atoms with Crippen LogP contribution in [0, 0.1) is 5.92 Å². The van der Waals surface area contributed by atoms with Crippen molar-refractivity contribution in [1.82, 2.24) is 9.80 Å². The molecule has 2 aliphatic rings. The number of carbonyl (C=O) groups is 1. The molecule has 21 heavy (non-hydrogen) atoms. The summed E-state index contributed by atoms with van der Waals surface area (Å²) in [6.45, 7) is 10.6. The van der Waals surface area contributed by atoms with Crippen LogP contribution in [0.1, 0.15) is 46.5 Å². The van der Waals surface area contributed by atoms with E-state index in [4.69, 9.17) is 10.5 Å². The van der Waals surface area contributed by atoms with Gasteiger partial charge in [0.15, 0.2) is 0 Å². The quantitative estimate of drug-likeness (QED) is 0.866. The number of likely N-dealkylation sites (tertiary alicyclic amines) is 2. The molecule has 2 aliphatic heterocycles. The Morgan fingerprint density at radius 2 is 1.95 bits per heavy atom. The predicted octanol–water partition coefficient (Wildman–Crippen LogP) is 2.06. The molecule has 0 bridgehead atoms. The van der Waals surface area contributed by atoms with Crippen LogP contribution in [0.25, 0.3) is 0 Å². The van der Waals surface area contributed by atoms with E-state index >= 15 is 0 Å². The summed E-state index contributed by atoms with van der Waals surface area (Å²) in [7, 11) is 0. The molecular weight excluding hydrogens is 266 g/mol. The van der Waals surface area contributed by atoms with Crippen LogP contribution < -0.4 is 5.73 Å². The van der Waals surface area contributed by atoms with Gasteiger partial charge in [-0.25, -0.2) is 4.79 Å². The number of amides is 1. The Balaban J connectivity index is 1.88. The third-order valence-electron chi connectivity index (χ3n) is 4.41. The maximum absolute atomic E-state index is 12.3. The Labute approximate surface area is 128 Å². The van der Waals surface area contributed by atoms with Crippen LogP contribution in [-0.2, 0) is 4.74 Å². The van der Waals surface area contributed by atoms with E-state index in [9.17, 15) is 4.79 Å². The summed E-state index contributed by atoms with van der Waals surface area (Å²) in [5.41, 5.74) is 5.39. The molecule has 2 fully saturated rings. The van der Waals surface area contributed by atoms with Crippen molar-refractivity contribution in [2.75, 3.05) is 32.7 Å². The number of nitrogens with zero attached hydrogens (tertiary/aromatic N) is 2. The van der Waals surface area contributed by atoms with Gasteiger partial charge in [0.1, 0.15) is 5.60 Å². The summed E-state index contributed by atoms with van der Waals surface area (Å²) in [5, 5.41) is 0. The van der Waals surface area contributed by atoms with Crippen molar-refractivity contribution in [3.63, 3.8) is 0 Å². The molecule has 0 spiro atoms. The highest BCUT2D eigenvalue weighted by atomic mass is 16.6. The molecule has 0 aromatic heterocycles. The molecule has 1 unspecified atom stereocenters. The number of hydrogen-bond donors (Lipinski definition) is 1. The lowest BCUT2D eigenvalue weighted by molar-refractivity contribution is 0.0182. The van der Waals surface area contributed by atoms with Crippen molar-refractivity contribution in [1.29, 1.82) is 0 Å². The Hall–Kier alpha value is -0.810. The number of carbonyl (C=O) groups excluding carboxylic acids is 1. The second kappa shape index (κ2) is 6.97. The van der Waals surface area contributed by atoms with E-state index in [1.807, 2.05) is 25.7 Å². The predicted molar refractivity (Wildman–Crippen MR) is 84.2 cm³/mol. The van der Waals surface area contributed by atoms with Crippen LogP contribution in [0.3, 0.4) is 0 Å². The summed E-state index contributed by atoms with van der Waals surface area (Å²) < 4.78 is 5.53. The number of hydrogen-bond acceptors (Lipinski definition) is 4. The van der Waals surface area contributed by atoms with Gasteiger partial charge in [-0.3, -0.25) is 0 Å². The topological polar surface area (TPSA) is 58.8 Å². The van der Waals surface area contributed by atoms with Gasteiger partial charge in [0.25, 0.3) is 0 Å². The van der Waals surface area contributed by atoms with Gasteiger partial charge < -0.3 is 20.3 Å². The zero-order valence-electron chi connectivity index (χ0n) is 13.8. The van der Waals surface area contributed by atoms with Gasteiger partial charge in [-0.05, 0) is 65.5 Å². The van der Waals surface area contributed by atoms with Gasteiger partial charge in [-0.1, -0.05) is 0 Å². The minimum Gasteiger partial charge on any atom is -0.444 e. The number of rotatable bonds is 3. The second-order valence-corrected chi connectivity index (χ2v) is 7.47. The number of nitrogens with two attached hydrogens (primary N) is 1. The molecule has 0 aliphatic carbocycles. The van der Waals surface area contributed by atoms with Gasteiger partial charge >= 0.3 is 6.09 Å². The Morgan fingerprint density at radius 3 is 2.62 bits per heavy atom. The molecule has 1 amide bonds. The first-order chi connectivity index (χ1) is 9.89. The van der Waals surface area contributed by atoms with E-state index in [0.29, 0.717) is 12.0 Å². The van der Waals surface area contributed by atoms with Gasteiger partial charge in [0, 0.05) is 25.7 Å². The van der Waals surface area contributed by atoms with Crippen molar-refractivity contribution in [2.24, 2.45) is 11.7 Å². The first kappa shape index (κ1) is 16.6. The first-order valence-electron chi connectivity index (χ1n) is 8.31. The van der Waals surface area contributed by atoms with Crippen molar-refractivity contribution >= 4 is 6.09 Å². The normalized spacial score (nSPS) is 27.9. The highest BCUT2D eigenvalue weighted by Gasteiger charge is 2.33. The molecule has 0 aromatic rings. The van der Waals surface area contributed by atoms with Crippen LogP contribution in [-0.4, -0.2) is 60.3 Å². The highest BCUT2D eigenvalue weighted by Crippen LogP contribution is 2.23. The summed E-state index contributed by atoms with van der Waals surface area (Å²) in [4.78, 5) is 16.7. The Kier molecular flexibility index (Phi) is 5.49. The smallest absolute Gasteiger partial charge is 0.410 e. The highest BCUT2D eigenvalue weighted by molar-refractivity contribution is 5.69. The van der Waals surface area contributed by atoms with Gasteiger partial charge in [0.2, 0.25) is 0 Å². The van der Waals surface area contributed by atoms with Gasteiger partial charge in [-0.15, -0.1) is 0 Å². The average molecular weight is 297 g/mol. The maximum Gasteiger partial charge on any atom is 0.410 e. The molecule has 2 atom stereocenters. The van der Waals surface area contributed by atoms with E-state index in [1.54, 1.807) is 0 Å². The summed E-state index contributed by atoms with van der Waals surface area (Å²) in [6, 6.07) is 0.302. The lowest BCUT2D eigenvalue weighted by Gasteiger charge is -2.36. The molecule has 0 aromatic carbocycles. The fourth-order valence-corrected chi connectivity index (χ4v) is 3.39. The third kappa shape index (κ3) is 4.85.